The Morgan fingerprint density at radius 1 is 1.06 bits per heavy atom. The smallest absolute Gasteiger partial charge is 0.257 e. The van der Waals surface area contributed by atoms with Gasteiger partial charge in [-0.25, -0.2) is 13.8 Å². The Kier molecular flexibility index (Phi) is 8.55. The van der Waals surface area contributed by atoms with Gasteiger partial charge in [0.05, 0.1) is 18.9 Å². The largest absolute Gasteiger partial charge is 0.493 e. The molecular weight excluding hydrogens is 448 g/mol. The van der Waals surface area contributed by atoms with Crippen LogP contribution in [-0.2, 0) is 22.6 Å². The van der Waals surface area contributed by atoms with Crippen LogP contribution >= 0.6 is 0 Å². The number of aryl methyl sites for hydroxylation is 1. The van der Waals surface area contributed by atoms with Crippen molar-refractivity contribution in [2.45, 2.75) is 26.3 Å². The average Bonchev–Trinajstić information content (AvgIpc) is 3.29. The Morgan fingerprint density at radius 3 is 2.62 bits per heavy atom. The van der Waals surface area contributed by atoms with Gasteiger partial charge in [0.25, 0.3) is 5.91 Å². The van der Waals surface area contributed by atoms with Gasteiger partial charge >= 0.3 is 0 Å². The SMILES string of the molecule is CCNC(=O)COc1ccc(CNC(=O)CCc2ncc(-c3ccc(F)cc3F)o2)cc1OC. The van der Waals surface area contributed by atoms with Crippen LogP contribution in [0.15, 0.2) is 47.0 Å². The molecule has 0 atom stereocenters. The standard InChI is InChI=1S/C24H25F2N3O5/c1-3-27-23(31)14-33-19-7-4-15(10-20(19)32-2)12-28-22(30)8-9-24-29-13-21(34-24)17-6-5-16(25)11-18(17)26/h4-7,10-11,13H,3,8-9,12,14H2,1-2H3,(H,27,31)(H,28,30). The van der Waals surface area contributed by atoms with Gasteiger partial charge in [-0.15, -0.1) is 0 Å². The van der Waals surface area contributed by atoms with Crippen molar-refractivity contribution in [1.82, 2.24) is 15.6 Å². The van der Waals surface area contributed by atoms with Gasteiger partial charge in [-0.05, 0) is 36.8 Å². The highest BCUT2D eigenvalue weighted by Crippen LogP contribution is 2.28. The quantitative estimate of drug-likeness (QED) is 0.443. The van der Waals surface area contributed by atoms with E-state index in [1.165, 1.54) is 19.4 Å². The van der Waals surface area contributed by atoms with Crippen LogP contribution in [0, 0.1) is 11.6 Å². The normalized spacial score (nSPS) is 10.6. The van der Waals surface area contributed by atoms with E-state index in [2.05, 4.69) is 15.6 Å². The Bertz CT molecular complexity index is 1150. The number of carbonyl (C=O) groups is 2. The van der Waals surface area contributed by atoms with E-state index < -0.39 is 11.6 Å². The highest BCUT2D eigenvalue weighted by atomic mass is 19.1. The highest BCUT2D eigenvalue weighted by molar-refractivity contribution is 5.77. The molecule has 0 aliphatic heterocycles. The topological polar surface area (TPSA) is 103 Å². The molecule has 0 unspecified atom stereocenters. The van der Waals surface area contributed by atoms with E-state index in [-0.39, 0.29) is 55.0 Å². The number of nitrogens with zero attached hydrogens (tertiary/aromatic N) is 1. The summed E-state index contributed by atoms with van der Waals surface area (Å²) in [5, 5.41) is 5.43. The highest BCUT2D eigenvalue weighted by Gasteiger charge is 2.13. The first-order valence-corrected chi connectivity index (χ1v) is 10.6. The molecule has 1 aromatic heterocycles. The molecule has 0 aliphatic carbocycles. The van der Waals surface area contributed by atoms with Gasteiger partial charge in [-0.3, -0.25) is 9.59 Å². The molecule has 10 heteroatoms. The molecule has 0 aliphatic rings. The second-order valence-electron chi connectivity index (χ2n) is 7.25. The molecule has 0 bridgehead atoms. The Hall–Kier alpha value is -3.95. The molecule has 34 heavy (non-hydrogen) atoms. The summed E-state index contributed by atoms with van der Waals surface area (Å²) in [5.41, 5.74) is 0.873. The van der Waals surface area contributed by atoms with Gasteiger partial charge in [0.2, 0.25) is 5.91 Å². The fourth-order valence-electron chi connectivity index (χ4n) is 3.08. The van der Waals surface area contributed by atoms with Crippen molar-refractivity contribution in [1.29, 1.82) is 0 Å². The summed E-state index contributed by atoms with van der Waals surface area (Å²) in [4.78, 5) is 27.8. The van der Waals surface area contributed by atoms with Crippen LogP contribution in [0.4, 0.5) is 8.78 Å². The fraction of sp³-hybridized carbons (Fsp3) is 0.292. The van der Waals surface area contributed by atoms with E-state index in [9.17, 15) is 18.4 Å². The zero-order valence-electron chi connectivity index (χ0n) is 18.8. The fourth-order valence-corrected chi connectivity index (χ4v) is 3.08. The Balaban J connectivity index is 1.49. The molecule has 0 radical (unpaired) electrons. The molecule has 0 spiro atoms. The number of amides is 2. The van der Waals surface area contributed by atoms with Crippen LogP contribution in [0.2, 0.25) is 0 Å². The van der Waals surface area contributed by atoms with Crippen LogP contribution in [0.25, 0.3) is 11.3 Å². The van der Waals surface area contributed by atoms with E-state index in [1.54, 1.807) is 18.2 Å². The monoisotopic (exact) mass is 473 g/mol. The summed E-state index contributed by atoms with van der Waals surface area (Å²) in [5.74, 6) is -0.616. The van der Waals surface area contributed by atoms with E-state index in [0.717, 1.165) is 17.7 Å². The second kappa shape index (κ2) is 11.8. The molecule has 180 valence electrons. The average molecular weight is 473 g/mol. The number of hydrogen-bond donors (Lipinski definition) is 2. The number of benzene rings is 2. The van der Waals surface area contributed by atoms with Gasteiger partial charge in [-0.1, -0.05) is 6.07 Å². The number of methoxy groups -OCH3 is 1. The number of nitrogens with one attached hydrogen (secondary N) is 2. The zero-order chi connectivity index (χ0) is 24.5. The van der Waals surface area contributed by atoms with Crippen LogP contribution < -0.4 is 20.1 Å². The lowest BCUT2D eigenvalue weighted by Gasteiger charge is -2.12. The third-order valence-electron chi connectivity index (χ3n) is 4.77. The first-order valence-electron chi connectivity index (χ1n) is 10.6. The van der Waals surface area contributed by atoms with Crippen LogP contribution in [0.3, 0.4) is 0 Å². The summed E-state index contributed by atoms with van der Waals surface area (Å²) in [6.45, 7) is 2.46. The van der Waals surface area contributed by atoms with Crippen molar-refractivity contribution in [3.63, 3.8) is 0 Å². The van der Waals surface area contributed by atoms with E-state index in [4.69, 9.17) is 13.9 Å². The van der Waals surface area contributed by atoms with Crippen molar-refractivity contribution < 1.29 is 32.3 Å². The molecular formula is C24H25F2N3O5. The molecule has 3 aromatic rings. The molecule has 0 saturated heterocycles. The predicted molar refractivity (Wildman–Crippen MR) is 119 cm³/mol. The Morgan fingerprint density at radius 2 is 1.88 bits per heavy atom. The molecule has 2 N–H and O–H groups in total. The summed E-state index contributed by atoms with van der Waals surface area (Å²) in [6.07, 6.45) is 1.66. The number of hydrogen-bond acceptors (Lipinski definition) is 6. The zero-order valence-corrected chi connectivity index (χ0v) is 18.8. The lowest BCUT2D eigenvalue weighted by Crippen LogP contribution is -2.28. The van der Waals surface area contributed by atoms with Crippen molar-refractivity contribution in [3.8, 4) is 22.8 Å². The van der Waals surface area contributed by atoms with Gasteiger partial charge in [-0.2, -0.15) is 0 Å². The lowest BCUT2D eigenvalue weighted by molar-refractivity contribution is -0.123. The third-order valence-corrected chi connectivity index (χ3v) is 4.77. The van der Waals surface area contributed by atoms with E-state index >= 15 is 0 Å². The first-order chi connectivity index (χ1) is 16.4. The molecule has 3 rings (SSSR count). The van der Waals surface area contributed by atoms with Crippen LogP contribution in [-0.4, -0.2) is 37.1 Å². The second-order valence-corrected chi connectivity index (χ2v) is 7.25. The molecule has 8 nitrogen and oxygen atoms in total. The number of rotatable bonds is 11. The summed E-state index contributed by atoms with van der Waals surface area (Å²) in [7, 11) is 1.49. The lowest BCUT2D eigenvalue weighted by atomic mass is 10.2. The molecule has 0 fully saturated rings. The number of oxazole rings is 1. The predicted octanol–water partition coefficient (Wildman–Crippen LogP) is 3.39. The van der Waals surface area contributed by atoms with Gasteiger partial charge in [0.15, 0.2) is 29.8 Å². The van der Waals surface area contributed by atoms with E-state index in [1.807, 2.05) is 6.92 Å². The van der Waals surface area contributed by atoms with Gasteiger partial charge in [0.1, 0.15) is 11.6 Å². The van der Waals surface area contributed by atoms with Crippen molar-refractivity contribution in [2.75, 3.05) is 20.3 Å². The minimum atomic E-state index is -0.753. The number of halogens is 2. The summed E-state index contributed by atoms with van der Waals surface area (Å²) in [6, 6.07) is 8.31. The molecule has 2 amide bonds. The maximum atomic E-state index is 13.9. The van der Waals surface area contributed by atoms with Crippen molar-refractivity contribution in [3.05, 3.63) is 65.7 Å². The molecule has 0 saturated carbocycles. The van der Waals surface area contributed by atoms with Crippen molar-refractivity contribution >= 4 is 11.8 Å². The van der Waals surface area contributed by atoms with Gasteiger partial charge < -0.3 is 24.5 Å². The van der Waals surface area contributed by atoms with Crippen LogP contribution in [0.1, 0.15) is 24.8 Å². The van der Waals surface area contributed by atoms with Gasteiger partial charge in [0, 0.05) is 32.0 Å². The number of carbonyl (C=O) groups excluding carboxylic acids is 2. The molecule has 1 heterocycles. The molecule has 2 aromatic carbocycles. The van der Waals surface area contributed by atoms with Crippen LogP contribution in [0.5, 0.6) is 11.5 Å². The number of ether oxygens (including phenoxy) is 2. The first kappa shape index (κ1) is 24.7. The van der Waals surface area contributed by atoms with Crippen molar-refractivity contribution in [2.24, 2.45) is 0 Å². The minimum absolute atomic E-state index is 0.0944. The van der Waals surface area contributed by atoms with E-state index in [0.29, 0.717) is 18.0 Å². The minimum Gasteiger partial charge on any atom is -0.493 e. The Labute approximate surface area is 195 Å². The number of likely N-dealkylation sites (N-methyl/N-ethyl adjacent to an activating group) is 1. The summed E-state index contributed by atoms with van der Waals surface area (Å²) >= 11 is 0. The third kappa shape index (κ3) is 6.77. The maximum absolute atomic E-state index is 13.9. The summed E-state index contributed by atoms with van der Waals surface area (Å²) < 4.78 is 43.2. The number of aromatic nitrogens is 1. The maximum Gasteiger partial charge on any atom is 0.257 e.